The van der Waals surface area contributed by atoms with E-state index in [2.05, 4.69) is 21.3 Å². The fourth-order valence-electron chi connectivity index (χ4n) is 4.39. The molecule has 4 N–H and O–H groups in total. The summed E-state index contributed by atoms with van der Waals surface area (Å²) in [7, 11) is 1.41. The monoisotopic (exact) mass is 564 g/mol. The summed E-state index contributed by atoms with van der Waals surface area (Å²) in [4.78, 5) is 58.1. The summed E-state index contributed by atoms with van der Waals surface area (Å²) in [5.74, 6) is 0.0525. The number of benzene rings is 1. The van der Waals surface area contributed by atoms with Gasteiger partial charge in [-0.25, -0.2) is 4.79 Å². The maximum atomic E-state index is 12.4. The second kappa shape index (κ2) is 16.1. The van der Waals surface area contributed by atoms with Crippen molar-refractivity contribution in [1.82, 2.24) is 21.3 Å². The fraction of sp³-hybridized carbons (Fsp3) is 0.577. The van der Waals surface area contributed by atoms with E-state index in [4.69, 9.17) is 14.2 Å². The normalized spacial score (nSPS) is 19.5. The molecule has 2 fully saturated rings. The van der Waals surface area contributed by atoms with Gasteiger partial charge in [-0.2, -0.15) is 11.8 Å². The summed E-state index contributed by atoms with van der Waals surface area (Å²) < 4.78 is 16.0. The van der Waals surface area contributed by atoms with Gasteiger partial charge < -0.3 is 35.5 Å². The summed E-state index contributed by atoms with van der Waals surface area (Å²) in [6.45, 7) is 1.95. The quantitative estimate of drug-likeness (QED) is 0.0661. The number of ether oxygens (including phenoxy) is 3. The molecular formula is C26H36N4O8S. The van der Waals surface area contributed by atoms with Crippen LogP contribution in [0.2, 0.25) is 0 Å². The van der Waals surface area contributed by atoms with Crippen LogP contribution in [0.15, 0.2) is 18.2 Å². The molecule has 2 aliphatic heterocycles. The van der Waals surface area contributed by atoms with Gasteiger partial charge in [0.05, 0.1) is 51.2 Å². The van der Waals surface area contributed by atoms with Gasteiger partial charge in [-0.1, -0.05) is 6.42 Å². The zero-order valence-electron chi connectivity index (χ0n) is 22.0. The van der Waals surface area contributed by atoms with Crippen LogP contribution in [-0.2, 0) is 19.1 Å². The van der Waals surface area contributed by atoms with E-state index in [1.54, 1.807) is 0 Å². The fourth-order valence-corrected chi connectivity index (χ4v) is 5.93. The van der Waals surface area contributed by atoms with Crippen molar-refractivity contribution in [2.45, 2.75) is 43.0 Å². The van der Waals surface area contributed by atoms with Crippen LogP contribution < -0.4 is 26.0 Å². The average molecular weight is 565 g/mol. The Kier molecular flexibility index (Phi) is 12.5. The number of urea groups is 1. The molecule has 3 unspecified atom stereocenters. The van der Waals surface area contributed by atoms with Gasteiger partial charge in [-0.05, 0) is 31.0 Å². The first-order valence-electron chi connectivity index (χ1n) is 13.0. The highest BCUT2D eigenvalue weighted by Crippen LogP contribution is 2.33. The van der Waals surface area contributed by atoms with Crippen LogP contribution in [-0.4, -0.2) is 99.6 Å². The molecule has 4 amide bonds. The molecule has 1 aromatic rings. The van der Waals surface area contributed by atoms with E-state index in [1.807, 2.05) is 11.8 Å². The summed E-state index contributed by atoms with van der Waals surface area (Å²) in [6, 6.07) is 4.55. The second-order valence-corrected chi connectivity index (χ2v) is 10.4. The maximum Gasteiger partial charge on any atom is 0.315 e. The third kappa shape index (κ3) is 9.52. The lowest BCUT2D eigenvalue weighted by Gasteiger charge is -2.16. The lowest BCUT2D eigenvalue weighted by Crippen LogP contribution is -2.36. The first kappa shape index (κ1) is 30.4. The molecule has 2 saturated heterocycles. The number of aldehydes is 1. The van der Waals surface area contributed by atoms with E-state index in [0.29, 0.717) is 38.0 Å². The number of hydrogen-bond donors (Lipinski definition) is 4. The second-order valence-electron chi connectivity index (χ2n) is 9.10. The van der Waals surface area contributed by atoms with Crippen molar-refractivity contribution in [3.8, 4) is 5.75 Å². The molecular weight excluding hydrogens is 528 g/mol. The Morgan fingerprint density at radius 3 is 2.51 bits per heavy atom. The molecule has 13 heteroatoms. The van der Waals surface area contributed by atoms with Crippen LogP contribution in [0.4, 0.5) is 4.79 Å². The third-order valence-electron chi connectivity index (χ3n) is 6.39. The third-order valence-corrected chi connectivity index (χ3v) is 7.90. The Labute approximate surface area is 231 Å². The zero-order valence-corrected chi connectivity index (χ0v) is 22.8. The number of nitrogens with one attached hydrogen (secondary N) is 4. The Morgan fingerprint density at radius 2 is 1.79 bits per heavy atom. The number of thioether (sulfide) groups is 1. The van der Waals surface area contributed by atoms with Crippen molar-refractivity contribution in [2.75, 3.05) is 52.4 Å². The summed E-state index contributed by atoms with van der Waals surface area (Å²) in [6.07, 6.45) is 3.39. The van der Waals surface area contributed by atoms with Gasteiger partial charge in [-0.15, -0.1) is 0 Å². The Hall–Kier alpha value is -3.16. The van der Waals surface area contributed by atoms with E-state index in [-0.39, 0.29) is 60.3 Å². The predicted molar refractivity (Wildman–Crippen MR) is 144 cm³/mol. The Bertz CT molecular complexity index is 1020. The van der Waals surface area contributed by atoms with Crippen LogP contribution >= 0.6 is 11.8 Å². The first-order valence-corrected chi connectivity index (χ1v) is 14.0. The van der Waals surface area contributed by atoms with E-state index in [9.17, 15) is 24.0 Å². The minimum Gasteiger partial charge on any atom is -0.496 e. The highest BCUT2D eigenvalue weighted by molar-refractivity contribution is 8.00. The molecule has 0 bridgehead atoms. The lowest BCUT2D eigenvalue weighted by atomic mass is 10.0. The molecule has 39 heavy (non-hydrogen) atoms. The number of amides is 4. The van der Waals surface area contributed by atoms with Crippen LogP contribution in [0, 0.1) is 0 Å². The van der Waals surface area contributed by atoms with Crippen LogP contribution in [0.1, 0.15) is 46.4 Å². The number of fused-ring (bicyclic) bond motifs is 1. The lowest BCUT2D eigenvalue weighted by molar-refractivity contribution is -0.121. The van der Waals surface area contributed by atoms with Gasteiger partial charge in [0.25, 0.3) is 5.91 Å². The van der Waals surface area contributed by atoms with Crippen molar-refractivity contribution >= 4 is 41.7 Å². The van der Waals surface area contributed by atoms with Gasteiger partial charge in [0.15, 0.2) is 6.29 Å². The Morgan fingerprint density at radius 1 is 1.05 bits per heavy atom. The number of carbonyl (C=O) groups excluding carboxylic acids is 5. The summed E-state index contributed by atoms with van der Waals surface area (Å²) >= 11 is 1.88. The standard InChI is InChI=1S/C26H36N4O8S/c1-36-21-7-6-17(20(32)15-31)14-18(21)25(34)28-9-11-38-13-12-37-10-8-27-23(33)5-3-2-4-22-24-19(16-39-22)29-26(35)30-24/h6-7,14-15,19,22,24H,2-5,8-13,16H2,1H3,(H,27,33)(H,28,34)(H2,29,30,35). The van der Waals surface area contributed by atoms with Gasteiger partial charge in [-0.3, -0.25) is 19.2 Å². The van der Waals surface area contributed by atoms with E-state index >= 15 is 0 Å². The minimum atomic E-state index is -0.721. The van der Waals surface area contributed by atoms with Crippen molar-refractivity contribution in [3.05, 3.63) is 29.3 Å². The molecule has 0 spiro atoms. The van der Waals surface area contributed by atoms with Gasteiger partial charge in [0, 0.05) is 36.1 Å². The number of Topliss-reactive ketones (excluding diaryl/α,β-unsaturated/α-hetero) is 1. The molecule has 214 valence electrons. The number of unbranched alkanes of at least 4 members (excludes halogenated alkanes) is 1. The zero-order chi connectivity index (χ0) is 28.0. The van der Waals surface area contributed by atoms with Crippen molar-refractivity contribution in [3.63, 3.8) is 0 Å². The molecule has 3 atom stereocenters. The highest BCUT2D eigenvalue weighted by atomic mass is 32.2. The van der Waals surface area contributed by atoms with Crippen molar-refractivity contribution < 1.29 is 38.2 Å². The molecule has 1 aromatic carbocycles. The topological polar surface area (TPSA) is 161 Å². The molecule has 0 saturated carbocycles. The van der Waals surface area contributed by atoms with Gasteiger partial charge in [0.2, 0.25) is 11.7 Å². The summed E-state index contributed by atoms with van der Waals surface area (Å²) in [5.41, 5.74) is 0.259. The largest absolute Gasteiger partial charge is 0.496 e. The van der Waals surface area contributed by atoms with Gasteiger partial charge in [0.1, 0.15) is 5.75 Å². The molecule has 3 rings (SSSR count). The molecule has 0 radical (unpaired) electrons. The smallest absolute Gasteiger partial charge is 0.315 e. The van der Waals surface area contributed by atoms with Crippen LogP contribution in [0.25, 0.3) is 0 Å². The van der Waals surface area contributed by atoms with E-state index in [1.165, 1.54) is 25.3 Å². The number of methoxy groups -OCH3 is 1. The first-order chi connectivity index (χ1) is 18.9. The minimum absolute atomic E-state index is 0.00364. The van der Waals surface area contributed by atoms with Gasteiger partial charge >= 0.3 is 6.03 Å². The number of ketones is 1. The highest BCUT2D eigenvalue weighted by Gasteiger charge is 2.42. The molecule has 2 heterocycles. The van der Waals surface area contributed by atoms with Crippen molar-refractivity contribution in [2.24, 2.45) is 0 Å². The SMILES string of the molecule is COc1ccc(C(=O)C=O)cc1C(=O)NCCOCCOCCNC(=O)CCCCC1SCC2NC(=O)NC21. The average Bonchev–Trinajstić information content (AvgIpc) is 3.50. The number of rotatable bonds is 18. The number of carbonyl (C=O) groups is 5. The van der Waals surface area contributed by atoms with Crippen LogP contribution in [0.5, 0.6) is 5.75 Å². The molecule has 2 aliphatic rings. The number of hydrogen-bond acceptors (Lipinski definition) is 9. The Balaban J connectivity index is 1.15. The van der Waals surface area contributed by atoms with Crippen molar-refractivity contribution in [1.29, 1.82) is 0 Å². The van der Waals surface area contributed by atoms with E-state index in [0.717, 1.165) is 25.0 Å². The molecule has 0 aromatic heterocycles. The van der Waals surface area contributed by atoms with Crippen LogP contribution in [0.3, 0.4) is 0 Å². The molecule has 0 aliphatic carbocycles. The predicted octanol–water partition coefficient (Wildman–Crippen LogP) is 0.682. The van der Waals surface area contributed by atoms with E-state index < -0.39 is 11.7 Å². The summed E-state index contributed by atoms with van der Waals surface area (Å²) in [5, 5.41) is 11.8. The maximum absolute atomic E-state index is 12.4. The molecule has 12 nitrogen and oxygen atoms in total.